The summed E-state index contributed by atoms with van der Waals surface area (Å²) >= 11 is 0. The molecular formula is C9H11NO2. The summed E-state index contributed by atoms with van der Waals surface area (Å²) in [6.07, 6.45) is 7.63. The van der Waals surface area contributed by atoms with Gasteiger partial charge in [0.15, 0.2) is 11.5 Å². The first-order chi connectivity index (χ1) is 5.80. The lowest BCUT2D eigenvalue weighted by Gasteiger charge is -2.02. The molecule has 0 amide bonds. The molecule has 0 radical (unpaired) electrons. The lowest BCUT2D eigenvalue weighted by molar-refractivity contribution is -0.116. The van der Waals surface area contributed by atoms with E-state index in [2.05, 4.69) is 4.99 Å². The molecule has 0 spiro atoms. The van der Waals surface area contributed by atoms with Gasteiger partial charge < -0.3 is 4.74 Å². The van der Waals surface area contributed by atoms with Crippen molar-refractivity contribution in [3.8, 4) is 0 Å². The van der Waals surface area contributed by atoms with Crippen LogP contribution in [0.25, 0.3) is 0 Å². The van der Waals surface area contributed by atoms with Crippen LogP contribution in [0.2, 0.25) is 0 Å². The Hall–Kier alpha value is -1.38. The van der Waals surface area contributed by atoms with E-state index in [1.54, 1.807) is 18.5 Å². The van der Waals surface area contributed by atoms with Crippen molar-refractivity contribution >= 4 is 12.0 Å². The van der Waals surface area contributed by atoms with E-state index >= 15 is 0 Å². The van der Waals surface area contributed by atoms with Gasteiger partial charge in [-0.2, -0.15) is 0 Å². The van der Waals surface area contributed by atoms with Crippen molar-refractivity contribution in [2.24, 2.45) is 4.99 Å². The van der Waals surface area contributed by atoms with E-state index < -0.39 is 0 Å². The lowest BCUT2D eigenvalue weighted by atomic mass is 10.3. The van der Waals surface area contributed by atoms with E-state index in [-0.39, 0.29) is 5.78 Å². The zero-order valence-corrected chi connectivity index (χ0v) is 6.99. The SMILES string of the molecule is CC(=O)/C1=C/C/C=C\N=CCO1. The number of nitrogens with zero attached hydrogens (tertiary/aromatic N) is 1. The molecule has 0 aromatic rings. The third-order valence-corrected chi connectivity index (χ3v) is 1.40. The van der Waals surface area contributed by atoms with Gasteiger partial charge in [-0.05, 0) is 12.5 Å². The van der Waals surface area contributed by atoms with Crippen LogP contribution >= 0.6 is 0 Å². The number of carbonyl (C=O) groups excluding carboxylic acids is 1. The molecule has 3 heteroatoms. The number of Topliss-reactive ketones (excluding diaryl/α,β-unsaturated/α-hetero) is 1. The molecule has 1 aliphatic heterocycles. The van der Waals surface area contributed by atoms with Gasteiger partial charge in [-0.15, -0.1) is 0 Å². The van der Waals surface area contributed by atoms with E-state index in [9.17, 15) is 4.79 Å². The largest absolute Gasteiger partial charge is 0.485 e. The molecule has 12 heavy (non-hydrogen) atoms. The molecule has 0 aliphatic carbocycles. The second kappa shape index (κ2) is 4.49. The number of hydrogen-bond acceptors (Lipinski definition) is 3. The maximum absolute atomic E-state index is 10.9. The Balaban J connectivity index is 2.67. The van der Waals surface area contributed by atoms with Crippen LogP contribution in [0.1, 0.15) is 13.3 Å². The third-order valence-electron chi connectivity index (χ3n) is 1.40. The monoisotopic (exact) mass is 165 g/mol. The molecule has 1 aliphatic rings. The van der Waals surface area contributed by atoms with Crippen LogP contribution in [0.5, 0.6) is 0 Å². The molecule has 3 nitrogen and oxygen atoms in total. The van der Waals surface area contributed by atoms with Crippen LogP contribution in [-0.2, 0) is 9.53 Å². The van der Waals surface area contributed by atoms with Gasteiger partial charge in [0.1, 0.15) is 6.61 Å². The Kier molecular flexibility index (Phi) is 3.26. The molecule has 1 rings (SSSR count). The van der Waals surface area contributed by atoms with Gasteiger partial charge in [-0.25, -0.2) is 0 Å². The average Bonchev–Trinajstić information content (AvgIpc) is 2.15. The second-order valence-corrected chi connectivity index (χ2v) is 2.39. The number of ketones is 1. The van der Waals surface area contributed by atoms with Crippen molar-refractivity contribution in [2.75, 3.05) is 6.61 Å². The highest BCUT2D eigenvalue weighted by Gasteiger charge is 2.02. The number of allylic oxidation sites excluding steroid dienone is 3. The molecule has 64 valence electrons. The Morgan fingerprint density at radius 3 is 3.25 bits per heavy atom. The Labute approximate surface area is 71.4 Å². The average molecular weight is 165 g/mol. The second-order valence-electron chi connectivity index (χ2n) is 2.39. The number of aliphatic imine (C=N–C) groups is 1. The summed E-state index contributed by atoms with van der Waals surface area (Å²) < 4.78 is 5.15. The van der Waals surface area contributed by atoms with Crippen LogP contribution < -0.4 is 0 Å². The fourth-order valence-corrected chi connectivity index (χ4v) is 0.832. The summed E-state index contributed by atoms with van der Waals surface area (Å²) in [4.78, 5) is 14.8. The first kappa shape index (κ1) is 8.71. The van der Waals surface area contributed by atoms with Crippen molar-refractivity contribution in [1.82, 2.24) is 0 Å². The molecule has 0 unspecified atom stereocenters. The Morgan fingerprint density at radius 2 is 2.50 bits per heavy atom. The van der Waals surface area contributed by atoms with Gasteiger partial charge in [-0.1, -0.05) is 6.08 Å². The molecular weight excluding hydrogens is 154 g/mol. The van der Waals surface area contributed by atoms with Gasteiger partial charge in [0.25, 0.3) is 0 Å². The van der Waals surface area contributed by atoms with E-state index in [4.69, 9.17) is 4.74 Å². The summed E-state index contributed by atoms with van der Waals surface area (Å²) in [5.41, 5.74) is 0. The van der Waals surface area contributed by atoms with E-state index in [1.165, 1.54) is 6.92 Å². The van der Waals surface area contributed by atoms with Gasteiger partial charge in [0.2, 0.25) is 0 Å². The molecule has 0 fully saturated rings. The van der Waals surface area contributed by atoms with Crippen LogP contribution in [-0.4, -0.2) is 18.6 Å². The summed E-state index contributed by atoms with van der Waals surface area (Å²) in [5, 5.41) is 0. The summed E-state index contributed by atoms with van der Waals surface area (Å²) in [7, 11) is 0. The minimum Gasteiger partial charge on any atom is -0.485 e. The van der Waals surface area contributed by atoms with Gasteiger partial charge >= 0.3 is 0 Å². The lowest BCUT2D eigenvalue weighted by Crippen LogP contribution is -2.03. The Bertz CT molecular complexity index is 251. The minimum absolute atomic E-state index is 0.0429. The van der Waals surface area contributed by atoms with Crippen molar-refractivity contribution in [3.63, 3.8) is 0 Å². The highest BCUT2D eigenvalue weighted by atomic mass is 16.5. The summed E-state index contributed by atoms with van der Waals surface area (Å²) in [5.74, 6) is 0.381. The van der Waals surface area contributed by atoms with Gasteiger partial charge in [-0.3, -0.25) is 9.79 Å². The molecule has 0 saturated heterocycles. The molecule has 0 atom stereocenters. The molecule has 0 aromatic heterocycles. The van der Waals surface area contributed by atoms with Gasteiger partial charge in [0, 0.05) is 19.3 Å². The fraction of sp³-hybridized carbons (Fsp3) is 0.333. The smallest absolute Gasteiger partial charge is 0.193 e. The number of carbonyl (C=O) groups is 1. The summed E-state index contributed by atoms with van der Waals surface area (Å²) in [6, 6.07) is 0. The molecule has 0 aromatic carbocycles. The Morgan fingerprint density at radius 1 is 1.67 bits per heavy atom. The quantitative estimate of drug-likeness (QED) is 0.590. The van der Waals surface area contributed by atoms with Crippen LogP contribution in [0, 0.1) is 0 Å². The first-order valence-electron chi connectivity index (χ1n) is 3.81. The highest BCUT2D eigenvalue weighted by molar-refractivity contribution is 5.91. The number of hydrogen-bond donors (Lipinski definition) is 0. The normalized spacial score (nSPS) is 23.9. The molecule has 0 bridgehead atoms. The standard InChI is InChI=1S/C9H11NO2/c1-8(11)9-4-2-3-5-10-6-7-12-9/h3-6H,2,7H2,1H3/b5-3-,9-4-,10-6?. The van der Waals surface area contributed by atoms with Crippen molar-refractivity contribution in [1.29, 1.82) is 0 Å². The molecule has 0 N–H and O–H groups in total. The van der Waals surface area contributed by atoms with Gasteiger partial charge in [0.05, 0.1) is 0 Å². The zero-order valence-electron chi connectivity index (χ0n) is 6.99. The topological polar surface area (TPSA) is 38.7 Å². The molecule has 0 saturated carbocycles. The third kappa shape index (κ3) is 2.70. The van der Waals surface area contributed by atoms with Crippen molar-refractivity contribution < 1.29 is 9.53 Å². The maximum atomic E-state index is 10.9. The van der Waals surface area contributed by atoms with Crippen LogP contribution in [0.15, 0.2) is 29.1 Å². The van der Waals surface area contributed by atoms with Crippen LogP contribution in [0.3, 0.4) is 0 Å². The molecule has 1 heterocycles. The summed E-state index contributed by atoms with van der Waals surface area (Å²) in [6.45, 7) is 1.85. The number of rotatable bonds is 1. The van der Waals surface area contributed by atoms with E-state index in [0.29, 0.717) is 18.8 Å². The van der Waals surface area contributed by atoms with E-state index in [0.717, 1.165) is 0 Å². The minimum atomic E-state index is -0.0429. The first-order valence-corrected chi connectivity index (χ1v) is 3.81. The maximum Gasteiger partial charge on any atom is 0.193 e. The van der Waals surface area contributed by atoms with Crippen molar-refractivity contribution in [3.05, 3.63) is 24.1 Å². The number of ether oxygens (including phenoxy) is 1. The zero-order chi connectivity index (χ0) is 8.81. The van der Waals surface area contributed by atoms with Crippen molar-refractivity contribution in [2.45, 2.75) is 13.3 Å². The van der Waals surface area contributed by atoms with E-state index in [1.807, 2.05) is 6.08 Å². The predicted octanol–water partition coefficient (Wildman–Crippen LogP) is 1.46. The highest BCUT2D eigenvalue weighted by Crippen LogP contribution is 2.02. The van der Waals surface area contributed by atoms with Crippen LogP contribution in [0.4, 0.5) is 0 Å². The fourth-order valence-electron chi connectivity index (χ4n) is 0.832. The predicted molar refractivity (Wildman–Crippen MR) is 47.0 cm³/mol.